The van der Waals surface area contributed by atoms with Crippen LogP contribution in [0.5, 0.6) is 0 Å². The maximum absolute atomic E-state index is 14.1. The maximum atomic E-state index is 14.1. The first-order valence-corrected chi connectivity index (χ1v) is 7.20. The van der Waals surface area contributed by atoms with Gasteiger partial charge in [0.25, 0.3) is 0 Å². The van der Waals surface area contributed by atoms with Crippen LogP contribution in [0.3, 0.4) is 0 Å². The number of hydrogen-bond donors (Lipinski definition) is 2. The first-order chi connectivity index (χ1) is 9.65. The highest BCUT2D eigenvalue weighted by atomic mass is 19.1. The van der Waals surface area contributed by atoms with Crippen LogP contribution in [0, 0.1) is 17.6 Å². The highest BCUT2D eigenvalue weighted by Crippen LogP contribution is 2.30. The molecule has 1 unspecified atom stereocenters. The highest BCUT2D eigenvalue weighted by Gasteiger charge is 2.26. The van der Waals surface area contributed by atoms with Gasteiger partial charge in [-0.1, -0.05) is 6.92 Å². The lowest BCUT2D eigenvalue weighted by Gasteiger charge is -2.20. The predicted molar refractivity (Wildman–Crippen MR) is 75.8 cm³/mol. The van der Waals surface area contributed by atoms with Gasteiger partial charge in [0.15, 0.2) is 0 Å². The normalized spacial score (nSPS) is 18.8. The Labute approximate surface area is 118 Å². The van der Waals surface area contributed by atoms with E-state index in [1.807, 2.05) is 6.92 Å². The summed E-state index contributed by atoms with van der Waals surface area (Å²) in [6.45, 7) is 4.57. The number of rotatable bonds is 6. The van der Waals surface area contributed by atoms with E-state index in [1.54, 1.807) is 4.90 Å². The summed E-state index contributed by atoms with van der Waals surface area (Å²) in [6, 6.07) is 2.81. The number of nitrogens with one attached hydrogen (secondary N) is 1. The van der Waals surface area contributed by atoms with Gasteiger partial charge in [0.2, 0.25) is 0 Å². The quantitative estimate of drug-likeness (QED) is 0.841. The lowest BCUT2D eigenvalue weighted by Crippen LogP contribution is -2.23. The molecule has 2 N–H and O–H groups in total. The Balaban J connectivity index is 2.12. The molecule has 0 amide bonds. The van der Waals surface area contributed by atoms with Gasteiger partial charge >= 0.3 is 0 Å². The second kappa shape index (κ2) is 6.99. The van der Waals surface area contributed by atoms with Crippen LogP contribution < -0.4 is 10.2 Å². The molecule has 20 heavy (non-hydrogen) atoms. The molecule has 5 heteroatoms. The van der Waals surface area contributed by atoms with Gasteiger partial charge in [-0.15, -0.1) is 0 Å². The summed E-state index contributed by atoms with van der Waals surface area (Å²) < 4.78 is 28.3. The van der Waals surface area contributed by atoms with E-state index in [9.17, 15) is 8.78 Å². The van der Waals surface area contributed by atoms with Crippen molar-refractivity contribution >= 4 is 5.69 Å². The summed E-state index contributed by atoms with van der Waals surface area (Å²) in [5.74, 6) is -0.676. The van der Waals surface area contributed by atoms with E-state index in [2.05, 4.69) is 5.32 Å². The Kier molecular flexibility index (Phi) is 5.31. The number of aliphatic hydroxyl groups is 1. The van der Waals surface area contributed by atoms with Crippen molar-refractivity contribution in [3.05, 3.63) is 29.3 Å². The third-order valence-electron chi connectivity index (χ3n) is 3.80. The number of anilines is 1. The third-order valence-corrected chi connectivity index (χ3v) is 3.80. The lowest BCUT2D eigenvalue weighted by molar-refractivity contribution is 0.263. The summed E-state index contributed by atoms with van der Waals surface area (Å²) in [7, 11) is 0. The fraction of sp³-hybridized carbons (Fsp3) is 0.600. The summed E-state index contributed by atoms with van der Waals surface area (Å²) >= 11 is 0. The summed E-state index contributed by atoms with van der Waals surface area (Å²) in [6.07, 6.45) is 1.57. The molecule has 1 aliphatic heterocycles. The largest absolute Gasteiger partial charge is 0.396 e. The van der Waals surface area contributed by atoms with Gasteiger partial charge < -0.3 is 15.3 Å². The Morgan fingerprint density at radius 2 is 2.05 bits per heavy atom. The third kappa shape index (κ3) is 3.46. The van der Waals surface area contributed by atoms with Crippen molar-refractivity contribution in [2.24, 2.45) is 5.92 Å². The molecule has 112 valence electrons. The van der Waals surface area contributed by atoms with E-state index in [-0.39, 0.29) is 12.3 Å². The van der Waals surface area contributed by atoms with Crippen molar-refractivity contribution in [1.82, 2.24) is 5.32 Å². The minimum atomic E-state index is -0.498. The fourth-order valence-corrected chi connectivity index (χ4v) is 2.75. The second-order valence-electron chi connectivity index (χ2n) is 5.30. The van der Waals surface area contributed by atoms with Crippen molar-refractivity contribution in [3.8, 4) is 0 Å². The van der Waals surface area contributed by atoms with Crippen LogP contribution in [-0.4, -0.2) is 31.3 Å². The zero-order valence-corrected chi connectivity index (χ0v) is 11.8. The van der Waals surface area contributed by atoms with Crippen molar-refractivity contribution in [1.29, 1.82) is 0 Å². The molecule has 0 radical (unpaired) electrons. The summed E-state index contributed by atoms with van der Waals surface area (Å²) in [4.78, 5) is 1.75. The van der Waals surface area contributed by atoms with Crippen LogP contribution in [0.4, 0.5) is 14.5 Å². The Bertz CT molecular complexity index is 430. The summed E-state index contributed by atoms with van der Waals surface area (Å²) in [5.41, 5.74) is 0.697. The van der Waals surface area contributed by atoms with Crippen LogP contribution >= 0.6 is 0 Å². The smallest absolute Gasteiger partial charge is 0.149 e. The van der Waals surface area contributed by atoms with Crippen molar-refractivity contribution < 1.29 is 13.9 Å². The molecule has 1 saturated heterocycles. The highest BCUT2D eigenvalue weighted by molar-refractivity contribution is 5.51. The van der Waals surface area contributed by atoms with E-state index in [1.165, 1.54) is 12.1 Å². The number of benzene rings is 1. The molecule has 1 fully saturated rings. The number of aliphatic hydroxyl groups excluding tert-OH is 1. The first kappa shape index (κ1) is 15.2. The molecular weight excluding hydrogens is 262 g/mol. The number of halogens is 2. The molecular formula is C15H22F2N2O. The lowest BCUT2D eigenvalue weighted by atomic mass is 10.1. The molecule has 0 spiro atoms. The molecule has 0 bridgehead atoms. The van der Waals surface area contributed by atoms with Gasteiger partial charge in [0.05, 0.1) is 0 Å². The van der Waals surface area contributed by atoms with Gasteiger partial charge in [0, 0.05) is 26.2 Å². The SMILES string of the molecule is CCNCc1cc(F)c(N2CCC(CCO)C2)c(F)c1. The van der Waals surface area contributed by atoms with Gasteiger partial charge in [-0.3, -0.25) is 0 Å². The maximum Gasteiger partial charge on any atom is 0.149 e. The second-order valence-corrected chi connectivity index (χ2v) is 5.30. The molecule has 3 nitrogen and oxygen atoms in total. The standard InChI is InChI=1S/C15H22F2N2O/c1-2-18-9-12-7-13(16)15(14(17)8-12)19-5-3-11(10-19)4-6-20/h7-8,11,18,20H,2-6,9-10H2,1H3. The zero-order valence-electron chi connectivity index (χ0n) is 11.8. The van der Waals surface area contributed by atoms with E-state index in [0.29, 0.717) is 37.5 Å². The first-order valence-electron chi connectivity index (χ1n) is 7.20. The minimum absolute atomic E-state index is 0.0747. The van der Waals surface area contributed by atoms with E-state index in [0.717, 1.165) is 13.0 Å². The molecule has 1 aromatic carbocycles. The van der Waals surface area contributed by atoms with E-state index in [4.69, 9.17) is 5.11 Å². The predicted octanol–water partition coefficient (Wildman–Crippen LogP) is 2.28. The Hall–Kier alpha value is -1.20. The van der Waals surface area contributed by atoms with Crippen molar-refractivity contribution in [3.63, 3.8) is 0 Å². The molecule has 0 aliphatic carbocycles. The van der Waals surface area contributed by atoms with Crippen LogP contribution in [0.1, 0.15) is 25.3 Å². The fourth-order valence-electron chi connectivity index (χ4n) is 2.75. The van der Waals surface area contributed by atoms with Crippen molar-refractivity contribution in [2.75, 3.05) is 31.1 Å². The van der Waals surface area contributed by atoms with Gasteiger partial charge in [-0.25, -0.2) is 8.78 Å². The minimum Gasteiger partial charge on any atom is -0.396 e. The van der Waals surface area contributed by atoms with Gasteiger partial charge in [-0.2, -0.15) is 0 Å². The van der Waals surface area contributed by atoms with Gasteiger partial charge in [-0.05, 0) is 43.0 Å². The molecule has 1 aromatic rings. The zero-order chi connectivity index (χ0) is 14.5. The molecule has 0 aromatic heterocycles. The van der Waals surface area contributed by atoms with E-state index < -0.39 is 11.6 Å². The monoisotopic (exact) mass is 284 g/mol. The van der Waals surface area contributed by atoms with Crippen LogP contribution in [0.25, 0.3) is 0 Å². The molecule has 0 saturated carbocycles. The van der Waals surface area contributed by atoms with Gasteiger partial charge in [0.1, 0.15) is 17.3 Å². The van der Waals surface area contributed by atoms with Crippen LogP contribution in [0.2, 0.25) is 0 Å². The molecule has 2 rings (SSSR count). The molecule has 1 atom stereocenters. The summed E-state index contributed by atoms with van der Waals surface area (Å²) in [5, 5.41) is 12.0. The van der Waals surface area contributed by atoms with Crippen LogP contribution in [-0.2, 0) is 6.54 Å². The topological polar surface area (TPSA) is 35.5 Å². The van der Waals surface area contributed by atoms with Crippen LogP contribution in [0.15, 0.2) is 12.1 Å². The van der Waals surface area contributed by atoms with Crippen molar-refractivity contribution in [2.45, 2.75) is 26.3 Å². The molecule has 1 aliphatic rings. The number of nitrogens with zero attached hydrogens (tertiary/aromatic N) is 1. The molecule has 1 heterocycles. The number of hydrogen-bond acceptors (Lipinski definition) is 3. The van der Waals surface area contributed by atoms with E-state index >= 15 is 0 Å². The Morgan fingerprint density at radius 3 is 2.65 bits per heavy atom. The average Bonchev–Trinajstić information content (AvgIpc) is 2.84. The Morgan fingerprint density at radius 1 is 1.35 bits per heavy atom. The average molecular weight is 284 g/mol.